The summed E-state index contributed by atoms with van der Waals surface area (Å²) in [6, 6.07) is 109. The van der Waals surface area contributed by atoms with Crippen molar-refractivity contribution in [2.24, 2.45) is 0 Å². The lowest BCUT2D eigenvalue weighted by molar-refractivity contribution is 0.590. The van der Waals surface area contributed by atoms with Gasteiger partial charge in [0.2, 0.25) is 0 Å². The molecule has 520 valence electrons. The normalized spacial score (nSPS) is 13.5. The van der Waals surface area contributed by atoms with Gasteiger partial charge in [0.05, 0.1) is 44.8 Å². The largest absolute Gasteiger partial charge is 0.371 e. The molecule has 0 spiro atoms. The van der Waals surface area contributed by atoms with Gasteiger partial charge in [-0.3, -0.25) is 0 Å². The van der Waals surface area contributed by atoms with Crippen LogP contribution >= 0.6 is 0 Å². The zero-order valence-electron chi connectivity index (χ0n) is 63.1. The lowest BCUT2D eigenvalue weighted by Crippen LogP contribution is -2.36. The second-order valence-electron chi connectivity index (χ2n) is 33.6. The summed E-state index contributed by atoms with van der Waals surface area (Å²) in [4.78, 5) is 8.18. The Morgan fingerprint density at radius 2 is 0.562 bits per heavy atom. The van der Waals surface area contributed by atoms with Gasteiger partial charge >= 0.3 is 0 Å². The highest BCUT2D eigenvalue weighted by atomic mass is 15.2. The molecule has 0 radical (unpaired) electrons. The second-order valence-corrected chi connectivity index (χ2v) is 33.6. The maximum absolute atomic E-state index is 2.77. The van der Waals surface area contributed by atoms with Crippen LogP contribution < -0.4 is 14.7 Å². The van der Waals surface area contributed by atoms with E-state index in [1.54, 1.807) is 0 Å². The highest BCUT2D eigenvalue weighted by Gasteiger charge is 2.37. The maximum Gasteiger partial charge on any atom is 0.0618 e. The molecule has 15 aromatic rings. The molecule has 0 N–H and O–H groups in total. The fourth-order valence-corrected chi connectivity index (χ4v) is 17.0. The number of fused-ring (bicyclic) bond motifs is 6. The lowest BCUT2D eigenvalue weighted by Gasteiger charge is -2.43. The number of hydrogen-bond donors (Lipinski definition) is 0. The highest BCUT2D eigenvalue weighted by Crippen LogP contribution is 2.57. The fourth-order valence-electron chi connectivity index (χ4n) is 17.0. The van der Waals surface area contributed by atoms with Crippen molar-refractivity contribution in [2.45, 2.75) is 130 Å². The molecule has 2 aliphatic heterocycles. The molecule has 0 aliphatic carbocycles. The summed E-state index contributed by atoms with van der Waals surface area (Å²) in [7, 11) is 0. The Balaban J connectivity index is 1.00. The summed E-state index contributed by atoms with van der Waals surface area (Å²) in [5.41, 5.74) is 32.3. The van der Waals surface area contributed by atoms with Crippen molar-refractivity contribution in [1.82, 2.24) is 9.13 Å². The van der Waals surface area contributed by atoms with Gasteiger partial charge in [0.1, 0.15) is 0 Å². The van der Waals surface area contributed by atoms with E-state index < -0.39 is 0 Å². The SMILES string of the molecule is CC(C)(C)c1ccc2c(c1)c1cc(C(C)(C)C)ccc1n2-c1cccc(N(c2cc(N(c3cccc(-n4c5ccc(C(C)(C)C)cc5c5cc(C(C)(C)C)ccc54)c3)c3c(-c4ccccc4)cccc3-c3ccccc3)c3c4c2CCCN4CCC3)c2c(-c3ccccc3)cccc2-c2ccccc2)c1. The molecule has 17 rings (SSSR count). The summed E-state index contributed by atoms with van der Waals surface area (Å²) in [5.74, 6) is 0. The van der Waals surface area contributed by atoms with Crippen LogP contribution in [0.4, 0.5) is 39.8 Å². The van der Waals surface area contributed by atoms with E-state index in [4.69, 9.17) is 0 Å². The van der Waals surface area contributed by atoms with Gasteiger partial charge in [-0.15, -0.1) is 0 Å². The molecule has 0 unspecified atom stereocenters. The molecule has 0 bridgehead atoms. The Morgan fingerprint density at radius 1 is 0.276 bits per heavy atom. The zero-order valence-corrected chi connectivity index (χ0v) is 63.1. The quantitative estimate of drug-likeness (QED) is 0.122. The van der Waals surface area contributed by atoms with Gasteiger partial charge in [0.25, 0.3) is 0 Å². The first-order chi connectivity index (χ1) is 50.6. The van der Waals surface area contributed by atoms with E-state index in [-0.39, 0.29) is 21.7 Å². The Morgan fingerprint density at radius 3 is 0.848 bits per heavy atom. The van der Waals surface area contributed by atoms with Crippen molar-refractivity contribution >= 4 is 83.4 Å². The molecule has 0 saturated heterocycles. The molecule has 5 nitrogen and oxygen atoms in total. The molecule has 4 heterocycles. The van der Waals surface area contributed by atoms with Gasteiger partial charge in [0.15, 0.2) is 0 Å². The van der Waals surface area contributed by atoms with Crippen LogP contribution in [0.5, 0.6) is 0 Å². The topological polar surface area (TPSA) is 19.6 Å². The number of anilines is 7. The number of benzene rings is 13. The van der Waals surface area contributed by atoms with Crippen LogP contribution in [0, 0.1) is 0 Å². The van der Waals surface area contributed by atoms with E-state index in [1.807, 2.05) is 0 Å². The minimum atomic E-state index is -0.0398. The van der Waals surface area contributed by atoms with E-state index in [1.165, 1.54) is 94.1 Å². The van der Waals surface area contributed by atoms with Crippen LogP contribution in [-0.4, -0.2) is 22.2 Å². The zero-order chi connectivity index (χ0) is 72.3. The van der Waals surface area contributed by atoms with Crippen molar-refractivity contribution in [3.05, 3.63) is 318 Å². The van der Waals surface area contributed by atoms with Crippen molar-refractivity contribution in [2.75, 3.05) is 27.8 Å². The molecule has 0 amide bonds. The number of nitrogens with zero attached hydrogens (tertiary/aromatic N) is 5. The van der Waals surface area contributed by atoms with Crippen LogP contribution in [-0.2, 0) is 34.5 Å². The summed E-state index contributed by atoms with van der Waals surface area (Å²) in [5, 5.41) is 5.08. The van der Waals surface area contributed by atoms with E-state index in [0.29, 0.717) is 0 Å². The minimum Gasteiger partial charge on any atom is -0.371 e. The van der Waals surface area contributed by atoms with Crippen molar-refractivity contribution in [1.29, 1.82) is 0 Å². The van der Waals surface area contributed by atoms with Crippen LogP contribution in [0.1, 0.15) is 129 Å². The maximum atomic E-state index is 2.77. The van der Waals surface area contributed by atoms with Crippen molar-refractivity contribution < 1.29 is 0 Å². The third-order valence-electron chi connectivity index (χ3n) is 22.5. The van der Waals surface area contributed by atoms with E-state index in [9.17, 15) is 0 Å². The summed E-state index contributed by atoms with van der Waals surface area (Å²) in [6.07, 6.45) is 3.93. The van der Waals surface area contributed by atoms with E-state index in [2.05, 4.69) is 392 Å². The predicted octanol–water partition coefficient (Wildman–Crippen LogP) is 27.4. The molecular weight excluding hydrogens is 1270 g/mol. The number of rotatable bonds is 12. The van der Waals surface area contributed by atoms with Crippen molar-refractivity contribution in [3.63, 3.8) is 0 Å². The summed E-state index contributed by atoms with van der Waals surface area (Å²) < 4.78 is 5.09. The highest BCUT2D eigenvalue weighted by molar-refractivity contribution is 6.12. The first kappa shape index (κ1) is 67.1. The summed E-state index contributed by atoms with van der Waals surface area (Å²) in [6.45, 7) is 30.0. The van der Waals surface area contributed by atoms with E-state index in [0.717, 1.165) is 117 Å². The first-order valence-electron chi connectivity index (χ1n) is 38.0. The predicted molar refractivity (Wildman–Crippen MR) is 450 cm³/mol. The number of aromatic nitrogens is 2. The minimum absolute atomic E-state index is 0.0398. The Labute approximate surface area is 621 Å². The van der Waals surface area contributed by atoms with Crippen LogP contribution in [0.2, 0.25) is 0 Å². The van der Waals surface area contributed by atoms with E-state index >= 15 is 0 Å². The standard InChI is InChI=1S/C100H95N5/c1-97(2,3)70-49-53-88-84(59-70)85-60-71(98(4,5)6)50-54-89(85)102(88)74-39-25-41-76(63-74)104(95-78(66-31-17-13-18-32-66)43-27-44-79(95)67-33-19-14-20-34-67)92-65-93(83-48-30-58-101-57-29-47-82(92)94(83)101)105(96-80(68-35-21-15-22-36-68)45-28-46-81(96)69-37-23-16-24-38-69)77-42-26-40-75(64-77)103-90-55-51-72(99(7,8)9)61-86(90)87-62-73(100(10,11)12)52-56-91(87)103/h13-28,31-46,49-56,59-65H,29-30,47-48,57-58H2,1-12H3. The molecule has 105 heavy (non-hydrogen) atoms. The molecule has 5 heteroatoms. The van der Waals surface area contributed by atoms with Crippen LogP contribution in [0.3, 0.4) is 0 Å². The molecule has 2 aromatic heterocycles. The molecule has 13 aromatic carbocycles. The average Bonchev–Trinajstić information content (AvgIpc) is 1.67. The van der Waals surface area contributed by atoms with Crippen molar-refractivity contribution in [3.8, 4) is 55.9 Å². The molecule has 0 atom stereocenters. The molecule has 0 fully saturated rings. The molecular formula is C100H95N5. The fraction of sp³-hybridized carbons (Fsp3) is 0.220. The van der Waals surface area contributed by atoms with Crippen LogP contribution in [0.15, 0.2) is 285 Å². The van der Waals surface area contributed by atoms with Gasteiger partial charge in [-0.2, -0.15) is 0 Å². The number of hydrogen-bond acceptors (Lipinski definition) is 3. The number of para-hydroxylation sites is 2. The third-order valence-corrected chi connectivity index (χ3v) is 22.5. The average molecular weight is 1370 g/mol. The monoisotopic (exact) mass is 1370 g/mol. The van der Waals surface area contributed by atoms with Gasteiger partial charge in [-0.25, -0.2) is 0 Å². The van der Waals surface area contributed by atoms with Gasteiger partial charge in [-0.05, 0) is 183 Å². The summed E-state index contributed by atoms with van der Waals surface area (Å²) >= 11 is 0. The second kappa shape index (κ2) is 25.9. The van der Waals surface area contributed by atoms with Gasteiger partial charge in [-0.1, -0.05) is 277 Å². The third kappa shape index (κ3) is 12.0. The Bertz CT molecular complexity index is 5210. The molecule has 0 saturated carbocycles. The van der Waals surface area contributed by atoms with Gasteiger partial charge in [0, 0.05) is 96.5 Å². The first-order valence-corrected chi connectivity index (χ1v) is 38.0. The van der Waals surface area contributed by atoms with Crippen LogP contribution in [0.25, 0.3) is 99.5 Å². The van der Waals surface area contributed by atoms with Gasteiger partial charge < -0.3 is 23.8 Å². The Kier molecular flexibility index (Phi) is 16.6. The smallest absolute Gasteiger partial charge is 0.0618 e. The Hall–Kier alpha value is -11.1. The lowest BCUT2D eigenvalue weighted by atomic mass is 9.85. The molecule has 2 aliphatic rings.